The summed E-state index contributed by atoms with van der Waals surface area (Å²) in [6.07, 6.45) is 2.40. The lowest BCUT2D eigenvalue weighted by atomic mass is 10.1. The predicted octanol–water partition coefficient (Wildman–Crippen LogP) is 7.54. The van der Waals surface area contributed by atoms with Gasteiger partial charge in [0.15, 0.2) is 11.5 Å². The Morgan fingerprint density at radius 2 is 1.77 bits per heavy atom. The molecule has 204 valence electrons. The lowest BCUT2D eigenvalue weighted by Crippen LogP contribution is -2.30. The summed E-state index contributed by atoms with van der Waals surface area (Å²) in [6.45, 7) is 2.44. The van der Waals surface area contributed by atoms with Crippen LogP contribution in [0.5, 0.6) is 17.2 Å². The van der Waals surface area contributed by atoms with Crippen LogP contribution in [0.25, 0.3) is 16.2 Å². The minimum absolute atomic E-state index is 0.138. The Labute approximate surface area is 250 Å². The lowest BCUT2D eigenvalue weighted by Gasteiger charge is -2.15. The summed E-state index contributed by atoms with van der Waals surface area (Å²) < 4.78 is 17.7. The van der Waals surface area contributed by atoms with E-state index >= 15 is 0 Å². The van der Waals surface area contributed by atoms with Gasteiger partial charge in [-0.15, -0.1) is 11.3 Å². The van der Waals surface area contributed by atoms with Crippen LogP contribution in [0, 0.1) is 6.92 Å². The molecule has 1 aliphatic heterocycles. The molecule has 3 aromatic carbocycles. The first-order chi connectivity index (χ1) is 19.3. The number of methoxy groups -OCH3 is 2. The Kier molecular flexibility index (Phi) is 8.46. The molecule has 0 aliphatic carbocycles. The molecular formula is C30H24ClNO5S3. The average Bonchev–Trinajstić information content (AvgIpc) is 3.42. The van der Waals surface area contributed by atoms with Crippen molar-refractivity contribution in [1.82, 2.24) is 4.90 Å². The molecule has 6 nitrogen and oxygen atoms in total. The van der Waals surface area contributed by atoms with E-state index in [1.165, 1.54) is 23.1 Å². The number of esters is 1. The Hall–Kier alpha value is -3.37. The van der Waals surface area contributed by atoms with E-state index in [1.54, 1.807) is 49.5 Å². The minimum Gasteiger partial charge on any atom is -0.493 e. The molecule has 1 aromatic heterocycles. The number of ether oxygens (including phenoxy) is 3. The number of carbonyl (C=O) groups excluding carboxylic acids is 2. The summed E-state index contributed by atoms with van der Waals surface area (Å²) in [6, 6.07) is 18.5. The van der Waals surface area contributed by atoms with Crippen LogP contribution in [-0.4, -0.2) is 41.9 Å². The first-order valence-corrected chi connectivity index (χ1v) is 14.7. The second-order valence-corrected chi connectivity index (χ2v) is 12.1. The molecule has 0 saturated carbocycles. The number of nitrogens with zero attached hydrogens (tertiary/aromatic N) is 1. The number of thiophene rings is 1. The SMILES string of the molecule is COc1ccc(CCN2C(=O)C(=Cc3ccc(OC(=O)c4sc5cc(C)ccc5c4Cl)cc3)SC2=S)cc1OC. The zero-order valence-corrected chi connectivity index (χ0v) is 25.1. The van der Waals surface area contributed by atoms with Gasteiger partial charge in [-0.25, -0.2) is 4.79 Å². The molecule has 1 aliphatic rings. The van der Waals surface area contributed by atoms with Gasteiger partial charge in [-0.1, -0.05) is 65.9 Å². The molecule has 2 heterocycles. The Morgan fingerprint density at radius 1 is 1.02 bits per heavy atom. The van der Waals surface area contributed by atoms with Crippen LogP contribution in [0.15, 0.2) is 65.6 Å². The maximum absolute atomic E-state index is 13.1. The monoisotopic (exact) mass is 609 g/mol. The molecule has 0 atom stereocenters. The summed E-state index contributed by atoms with van der Waals surface area (Å²) in [5.41, 5.74) is 2.89. The zero-order chi connectivity index (χ0) is 28.4. The fourth-order valence-corrected chi connectivity index (χ4v) is 7.00. The van der Waals surface area contributed by atoms with Crippen LogP contribution in [0.2, 0.25) is 5.02 Å². The lowest BCUT2D eigenvalue weighted by molar-refractivity contribution is -0.122. The molecule has 1 fully saturated rings. The maximum atomic E-state index is 13.1. The average molecular weight is 610 g/mol. The second-order valence-electron chi connectivity index (χ2n) is 8.98. The van der Waals surface area contributed by atoms with Crippen molar-refractivity contribution in [2.45, 2.75) is 13.3 Å². The number of amides is 1. The number of thiocarbonyl (C=S) groups is 1. The molecule has 5 rings (SSSR count). The first-order valence-electron chi connectivity index (χ1n) is 12.2. The number of rotatable bonds is 8. The third kappa shape index (κ3) is 5.88. The van der Waals surface area contributed by atoms with Crippen molar-refractivity contribution in [3.63, 3.8) is 0 Å². The van der Waals surface area contributed by atoms with Crippen molar-refractivity contribution < 1.29 is 23.8 Å². The van der Waals surface area contributed by atoms with Gasteiger partial charge >= 0.3 is 5.97 Å². The van der Waals surface area contributed by atoms with Crippen LogP contribution in [0.1, 0.15) is 26.4 Å². The van der Waals surface area contributed by atoms with E-state index in [2.05, 4.69) is 0 Å². The summed E-state index contributed by atoms with van der Waals surface area (Å²) in [5, 5.41) is 1.23. The van der Waals surface area contributed by atoms with Gasteiger partial charge in [0, 0.05) is 16.6 Å². The number of benzene rings is 3. The van der Waals surface area contributed by atoms with E-state index < -0.39 is 5.97 Å². The minimum atomic E-state index is -0.507. The molecule has 4 aromatic rings. The standard InChI is InChI=1S/C30H24ClNO5S3/c1-17-4-10-21-24(14-17)39-27(26(21)31)29(34)37-20-8-5-18(6-9-20)16-25-28(33)32(30(38)40-25)13-12-19-7-11-22(35-2)23(15-19)36-3/h4-11,14-16H,12-13H2,1-3H3. The highest BCUT2D eigenvalue weighted by molar-refractivity contribution is 8.26. The fourth-order valence-electron chi connectivity index (χ4n) is 4.21. The van der Waals surface area contributed by atoms with Crippen molar-refractivity contribution in [2.24, 2.45) is 0 Å². The van der Waals surface area contributed by atoms with Crippen molar-refractivity contribution in [1.29, 1.82) is 0 Å². The van der Waals surface area contributed by atoms with Gasteiger partial charge in [-0.3, -0.25) is 9.69 Å². The number of thioether (sulfide) groups is 1. The number of halogens is 1. The Balaban J connectivity index is 1.23. The Morgan fingerprint density at radius 3 is 2.50 bits per heavy atom. The van der Waals surface area contributed by atoms with Crippen LogP contribution >= 0.6 is 46.9 Å². The van der Waals surface area contributed by atoms with Crippen molar-refractivity contribution in [2.75, 3.05) is 20.8 Å². The van der Waals surface area contributed by atoms with Gasteiger partial charge in [0.1, 0.15) is 14.9 Å². The number of hydrogen-bond donors (Lipinski definition) is 0. The first kappa shape index (κ1) is 28.2. The van der Waals surface area contributed by atoms with Crippen LogP contribution in [-0.2, 0) is 11.2 Å². The van der Waals surface area contributed by atoms with E-state index in [1.807, 2.05) is 43.3 Å². The van der Waals surface area contributed by atoms with Gasteiger partial charge < -0.3 is 14.2 Å². The summed E-state index contributed by atoms with van der Waals surface area (Å²) in [7, 11) is 3.18. The molecule has 0 N–H and O–H groups in total. The van der Waals surface area contributed by atoms with Crippen LogP contribution < -0.4 is 14.2 Å². The third-order valence-electron chi connectivity index (χ3n) is 6.30. The van der Waals surface area contributed by atoms with Gasteiger partial charge in [0.05, 0.1) is 24.1 Å². The van der Waals surface area contributed by atoms with Gasteiger partial charge in [0.25, 0.3) is 5.91 Å². The summed E-state index contributed by atoms with van der Waals surface area (Å²) >= 11 is 14.5. The highest BCUT2D eigenvalue weighted by Crippen LogP contribution is 2.37. The molecule has 10 heteroatoms. The van der Waals surface area contributed by atoms with Gasteiger partial charge in [0.2, 0.25) is 0 Å². The van der Waals surface area contributed by atoms with E-state index in [0.717, 1.165) is 26.8 Å². The second kappa shape index (κ2) is 12.0. The normalized spacial score (nSPS) is 14.3. The fraction of sp³-hybridized carbons (Fsp3) is 0.167. The number of hydrogen-bond acceptors (Lipinski definition) is 8. The number of aryl methyl sites for hydroxylation is 1. The molecule has 0 bridgehead atoms. The van der Waals surface area contributed by atoms with Crippen LogP contribution in [0.3, 0.4) is 0 Å². The largest absolute Gasteiger partial charge is 0.493 e. The van der Waals surface area contributed by atoms with Gasteiger partial charge in [-0.2, -0.15) is 0 Å². The van der Waals surface area contributed by atoms with Crippen LogP contribution in [0.4, 0.5) is 0 Å². The highest BCUT2D eigenvalue weighted by Gasteiger charge is 2.31. The Bertz CT molecular complexity index is 1660. The number of carbonyl (C=O) groups is 2. The molecule has 40 heavy (non-hydrogen) atoms. The maximum Gasteiger partial charge on any atom is 0.355 e. The molecule has 0 unspecified atom stereocenters. The van der Waals surface area contributed by atoms with E-state index in [9.17, 15) is 9.59 Å². The van der Waals surface area contributed by atoms with Crippen molar-refractivity contribution in [3.8, 4) is 17.2 Å². The molecule has 1 saturated heterocycles. The summed E-state index contributed by atoms with van der Waals surface area (Å²) in [4.78, 5) is 28.4. The van der Waals surface area contributed by atoms with Gasteiger partial charge in [-0.05, 0) is 66.4 Å². The molecule has 0 radical (unpaired) electrons. The zero-order valence-electron chi connectivity index (χ0n) is 21.9. The highest BCUT2D eigenvalue weighted by atomic mass is 35.5. The van der Waals surface area contributed by atoms with Crippen molar-refractivity contribution >= 4 is 79.3 Å². The number of fused-ring (bicyclic) bond motifs is 1. The molecule has 1 amide bonds. The van der Waals surface area contributed by atoms with E-state index in [4.69, 9.17) is 38.0 Å². The molecule has 0 spiro atoms. The topological polar surface area (TPSA) is 65.1 Å². The smallest absolute Gasteiger partial charge is 0.355 e. The quantitative estimate of drug-likeness (QED) is 0.0884. The van der Waals surface area contributed by atoms with E-state index in [0.29, 0.717) is 49.3 Å². The van der Waals surface area contributed by atoms with Crippen molar-refractivity contribution in [3.05, 3.63) is 92.2 Å². The third-order valence-corrected chi connectivity index (χ3v) is 9.32. The molecular weight excluding hydrogens is 586 g/mol. The van der Waals surface area contributed by atoms with E-state index in [-0.39, 0.29) is 5.91 Å². The summed E-state index contributed by atoms with van der Waals surface area (Å²) in [5.74, 6) is 1.03. The predicted molar refractivity (Wildman–Crippen MR) is 166 cm³/mol.